The molecule has 0 spiro atoms. The van der Waals surface area contributed by atoms with Gasteiger partial charge in [-0.25, -0.2) is 0 Å². The maximum absolute atomic E-state index is 11.8. The second-order valence-corrected chi connectivity index (χ2v) is 6.54. The van der Waals surface area contributed by atoms with Gasteiger partial charge in [0.2, 0.25) is 5.91 Å². The van der Waals surface area contributed by atoms with Crippen LogP contribution in [0.2, 0.25) is 0 Å². The summed E-state index contributed by atoms with van der Waals surface area (Å²) in [5.41, 5.74) is 0. The first-order chi connectivity index (χ1) is 8.39. The van der Waals surface area contributed by atoms with Gasteiger partial charge in [-0.05, 0) is 6.42 Å². The molecule has 0 unspecified atom stereocenters. The second kappa shape index (κ2) is 6.46. The molecule has 0 aliphatic carbocycles. The highest BCUT2D eigenvalue weighted by Crippen LogP contribution is 2.10. The van der Waals surface area contributed by atoms with Crippen LogP contribution in [0.1, 0.15) is 12.8 Å². The first-order valence-electron chi connectivity index (χ1n) is 5.96. The van der Waals surface area contributed by atoms with Gasteiger partial charge >= 0.3 is 0 Å². The molecule has 0 aromatic rings. The van der Waals surface area contributed by atoms with Crippen molar-refractivity contribution in [1.29, 1.82) is 0 Å². The van der Waals surface area contributed by atoms with Crippen LogP contribution in [-0.2, 0) is 15.0 Å². The molecule has 106 valence electrons. The number of aliphatic hydroxyl groups excluding tert-OH is 1. The van der Waals surface area contributed by atoms with E-state index in [1.54, 1.807) is 4.90 Å². The topological polar surface area (TPSA) is 81.2 Å². The molecule has 1 aliphatic rings. The van der Waals surface area contributed by atoms with Gasteiger partial charge in [-0.15, -0.1) is 0 Å². The molecule has 0 saturated carbocycles. The molecule has 1 aliphatic heterocycles. The van der Waals surface area contributed by atoms with E-state index in [1.165, 1.54) is 22.7 Å². The molecule has 0 aromatic heterocycles. The van der Waals surface area contributed by atoms with E-state index in [2.05, 4.69) is 0 Å². The number of amides is 1. The Morgan fingerprint density at radius 2 is 1.78 bits per heavy atom. The minimum atomic E-state index is -3.38. The van der Waals surface area contributed by atoms with E-state index in [9.17, 15) is 13.2 Å². The molecule has 0 bridgehead atoms. The van der Waals surface area contributed by atoms with Crippen molar-refractivity contribution in [2.24, 2.45) is 0 Å². The summed E-state index contributed by atoms with van der Waals surface area (Å²) in [6.45, 7) is 1.48. The van der Waals surface area contributed by atoms with Gasteiger partial charge < -0.3 is 10.0 Å². The zero-order chi connectivity index (χ0) is 13.8. The lowest BCUT2D eigenvalue weighted by Gasteiger charge is -2.35. The van der Waals surface area contributed by atoms with Crippen molar-refractivity contribution in [2.75, 3.05) is 46.9 Å². The molecule has 18 heavy (non-hydrogen) atoms. The highest BCUT2D eigenvalue weighted by molar-refractivity contribution is 7.86. The lowest BCUT2D eigenvalue weighted by atomic mass is 10.2. The van der Waals surface area contributed by atoms with Gasteiger partial charge in [0.1, 0.15) is 0 Å². The number of aliphatic hydroxyl groups is 1. The van der Waals surface area contributed by atoms with Crippen molar-refractivity contribution in [3.05, 3.63) is 0 Å². The number of rotatable bonds is 5. The van der Waals surface area contributed by atoms with Gasteiger partial charge in [0.25, 0.3) is 10.2 Å². The van der Waals surface area contributed by atoms with E-state index in [-0.39, 0.29) is 12.5 Å². The van der Waals surface area contributed by atoms with E-state index in [1.807, 2.05) is 0 Å². The Balaban J connectivity index is 2.49. The van der Waals surface area contributed by atoms with Gasteiger partial charge in [-0.1, -0.05) is 0 Å². The Bertz CT molecular complexity index is 375. The monoisotopic (exact) mass is 279 g/mol. The van der Waals surface area contributed by atoms with Crippen LogP contribution < -0.4 is 0 Å². The summed E-state index contributed by atoms with van der Waals surface area (Å²) in [6, 6.07) is 0. The minimum Gasteiger partial charge on any atom is -0.396 e. The van der Waals surface area contributed by atoms with Crippen LogP contribution in [0, 0.1) is 0 Å². The fourth-order valence-corrected chi connectivity index (χ4v) is 2.87. The first-order valence-corrected chi connectivity index (χ1v) is 7.35. The smallest absolute Gasteiger partial charge is 0.281 e. The summed E-state index contributed by atoms with van der Waals surface area (Å²) in [5, 5.41) is 8.66. The Kier molecular flexibility index (Phi) is 5.51. The van der Waals surface area contributed by atoms with Crippen molar-refractivity contribution in [1.82, 2.24) is 13.5 Å². The number of hydrogen-bond acceptors (Lipinski definition) is 4. The highest BCUT2D eigenvalue weighted by atomic mass is 32.2. The van der Waals surface area contributed by atoms with Gasteiger partial charge in [0.15, 0.2) is 0 Å². The Labute approximate surface area is 108 Å². The van der Waals surface area contributed by atoms with Crippen LogP contribution in [0.15, 0.2) is 0 Å². The van der Waals surface area contributed by atoms with Gasteiger partial charge in [-0.3, -0.25) is 4.79 Å². The molecule has 1 saturated heterocycles. The normalized spacial score (nSPS) is 18.3. The molecule has 1 heterocycles. The van der Waals surface area contributed by atoms with E-state index in [0.29, 0.717) is 39.0 Å². The number of piperazine rings is 1. The van der Waals surface area contributed by atoms with E-state index < -0.39 is 10.2 Å². The molecular weight excluding hydrogens is 258 g/mol. The molecule has 7 nitrogen and oxygen atoms in total. The van der Waals surface area contributed by atoms with Gasteiger partial charge in [0.05, 0.1) is 0 Å². The Morgan fingerprint density at radius 3 is 2.22 bits per heavy atom. The first kappa shape index (κ1) is 15.4. The number of carbonyl (C=O) groups is 1. The van der Waals surface area contributed by atoms with Crippen molar-refractivity contribution >= 4 is 16.1 Å². The maximum atomic E-state index is 11.8. The molecule has 1 fully saturated rings. The number of nitrogens with zero attached hydrogens (tertiary/aromatic N) is 3. The molecule has 0 aromatic carbocycles. The quantitative estimate of drug-likeness (QED) is 0.679. The summed E-state index contributed by atoms with van der Waals surface area (Å²) >= 11 is 0. The van der Waals surface area contributed by atoms with E-state index >= 15 is 0 Å². The van der Waals surface area contributed by atoms with Gasteiger partial charge in [0, 0.05) is 53.3 Å². The summed E-state index contributed by atoms with van der Waals surface area (Å²) in [4.78, 5) is 13.3. The molecule has 8 heteroatoms. The highest BCUT2D eigenvalue weighted by Gasteiger charge is 2.29. The molecule has 0 atom stereocenters. The van der Waals surface area contributed by atoms with Gasteiger partial charge in [-0.2, -0.15) is 17.0 Å². The largest absolute Gasteiger partial charge is 0.396 e. The zero-order valence-corrected chi connectivity index (χ0v) is 11.7. The van der Waals surface area contributed by atoms with Crippen LogP contribution >= 0.6 is 0 Å². The predicted molar refractivity (Wildman–Crippen MR) is 67.1 cm³/mol. The third-order valence-electron chi connectivity index (χ3n) is 2.93. The average molecular weight is 279 g/mol. The van der Waals surface area contributed by atoms with E-state index in [0.717, 1.165) is 0 Å². The number of carbonyl (C=O) groups excluding carboxylic acids is 1. The lowest BCUT2D eigenvalue weighted by Crippen LogP contribution is -2.53. The van der Waals surface area contributed by atoms with Crippen molar-refractivity contribution in [3.8, 4) is 0 Å². The maximum Gasteiger partial charge on any atom is 0.281 e. The van der Waals surface area contributed by atoms with Crippen molar-refractivity contribution < 1.29 is 18.3 Å². The Morgan fingerprint density at radius 1 is 1.22 bits per heavy atom. The molecule has 1 rings (SSSR count). The SMILES string of the molecule is CN(C)S(=O)(=O)N1CCN(C(=O)CCCO)CC1. The summed E-state index contributed by atoms with van der Waals surface area (Å²) in [7, 11) is -0.389. The number of hydrogen-bond donors (Lipinski definition) is 1. The fourth-order valence-electron chi connectivity index (χ4n) is 1.79. The zero-order valence-electron chi connectivity index (χ0n) is 10.9. The van der Waals surface area contributed by atoms with E-state index in [4.69, 9.17) is 5.11 Å². The van der Waals surface area contributed by atoms with Crippen LogP contribution in [0.3, 0.4) is 0 Å². The van der Waals surface area contributed by atoms with Crippen LogP contribution in [0.5, 0.6) is 0 Å². The molecule has 1 N–H and O–H groups in total. The third kappa shape index (κ3) is 3.64. The standard InChI is InChI=1S/C10H21N3O4S/c1-11(2)18(16,17)13-7-5-12(6-8-13)10(15)4-3-9-14/h14H,3-9H2,1-2H3. The van der Waals surface area contributed by atoms with Crippen molar-refractivity contribution in [3.63, 3.8) is 0 Å². The average Bonchev–Trinajstić information content (AvgIpc) is 2.35. The lowest BCUT2D eigenvalue weighted by molar-refractivity contribution is -0.132. The van der Waals surface area contributed by atoms with Crippen LogP contribution in [0.25, 0.3) is 0 Å². The van der Waals surface area contributed by atoms with Crippen molar-refractivity contribution in [2.45, 2.75) is 12.8 Å². The summed E-state index contributed by atoms with van der Waals surface area (Å²) in [6.07, 6.45) is 0.770. The second-order valence-electron chi connectivity index (χ2n) is 4.40. The minimum absolute atomic E-state index is 0.000708. The molecule has 0 radical (unpaired) electrons. The van der Waals surface area contributed by atoms with Crippen LogP contribution in [0.4, 0.5) is 0 Å². The van der Waals surface area contributed by atoms with Crippen LogP contribution in [-0.4, -0.2) is 79.8 Å². The third-order valence-corrected chi connectivity index (χ3v) is 4.87. The summed E-state index contributed by atoms with van der Waals surface area (Å²) in [5.74, 6) is -0.0223. The predicted octanol–water partition coefficient (Wildman–Crippen LogP) is -1.29. The Hall–Kier alpha value is -0.700. The summed E-state index contributed by atoms with van der Waals surface area (Å²) < 4.78 is 26.3. The molecule has 1 amide bonds. The molecular formula is C10H21N3O4S. The fraction of sp³-hybridized carbons (Fsp3) is 0.900.